The molecule has 26 heteroatoms. The maximum atomic E-state index is 14.6. The van der Waals surface area contributed by atoms with Crippen LogP contribution >= 0.6 is 0 Å². The highest BCUT2D eigenvalue weighted by atomic mass is 16.8. The van der Waals surface area contributed by atoms with Crippen molar-refractivity contribution in [2.75, 3.05) is 33.5 Å². The first-order valence-corrected chi connectivity index (χ1v) is 28.8. The van der Waals surface area contributed by atoms with Crippen LogP contribution in [0.1, 0.15) is 107 Å². The standard InChI is InChI=1S/C56H88O26/c1-23(60)81-51(2,3)15-13-32(62)55(8)31-12-17-54(7)24-10-11-30-52(4,5)34(14-16-53(30,6)25(24)18-33(63)56(31,54)50(71)82-55)77-49-45(35(64)26(61)22-73-49)80-46-39(68)38(67)42(29(21-59)76-46)78-48-41(70)44(37(66)28(20-58)75-48)79-47-40(69)43(72-9)36(65)27(19-57)74-47/h18,24,26-31,33-49,57-59,61,63-70H,10-17,19-22H2,1-9H3/t24-,26-,27-,28-,29-,30+,31-,33+,34+,35+,36-,37-,38-,39-,40-,41-,42-,43+,44+,45-,46+,47+,48+,49+,53-,54+,55-,56+/m1/s1. The fourth-order valence-corrected chi connectivity index (χ4v) is 16.4. The van der Waals surface area contributed by atoms with E-state index in [4.69, 9.17) is 52.1 Å². The van der Waals surface area contributed by atoms with E-state index in [-0.39, 0.29) is 37.1 Å². The summed E-state index contributed by atoms with van der Waals surface area (Å²) in [5, 5.41) is 133. The molecule has 0 aromatic rings. The van der Waals surface area contributed by atoms with Gasteiger partial charge in [0.15, 0.2) is 36.5 Å². The van der Waals surface area contributed by atoms with Crippen LogP contribution in [0, 0.1) is 39.4 Å². The second kappa shape index (κ2) is 23.6. The molecule has 26 nitrogen and oxygen atoms in total. The van der Waals surface area contributed by atoms with Gasteiger partial charge in [-0.2, -0.15) is 0 Å². The minimum atomic E-state index is -2.03. The van der Waals surface area contributed by atoms with Crippen LogP contribution in [0.2, 0.25) is 0 Å². The van der Waals surface area contributed by atoms with Gasteiger partial charge in [-0.25, -0.2) is 0 Å². The quantitative estimate of drug-likeness (QED) is 0.0407. The number of esters is 2. The van der Waals surface area contributed by atoms with Gasteiger partial charge in [-0.05, 0) is 93.8 Å². The van der Waals surface area contributed by atoms with Crippen molar-refractivity contribution < 1.29 is 128 Å². The largest absolute Gasteiger partial charge is 0.460 e. The highest BCUT2D eigenvalue weighted by molar-refractivity contribution is 5.96. The lowest BCUT2D eigenvalue weighted by Crippen LogP contribution is -2.67. The van der Waals surface area contributed by atoms with Crippen molar-refractivity contribution in [1.29, 1.82) is 0 Å². The van der Waals surface area contributed by atoms with E-state index in [1.54, 1.807) is 20.8 Å². The maximum Gasteiger partial charge on any atom is 0.317 e. The van der Waals surface area contributed by atoms with Crippen molar-refractivity contribution in [3.8, 4) is 0 Å². The molecule has 0 bridgehead atoms. The number of carbonyl (C=O) groups is 3. The number of aliphatic hydroxyl groups is 12. The molecule has 0 aromatic heterocycles. The number of hydrogen-bond donors (Lipinski definition) is 12. The number of fused-ring (bicyclic) bond motifs is 4. The minimum absolute atomic E-state index is 0.00147. The molecular weight excluding hydrogens is 1090 g/mol. The van der Waals surface area contributed by atoms with E-state index in [0.717, 1.165) is 5.57 Å². The molecule has 1 spiro atoms. The van der Waals surface area contributed by atoms with E-state index in [9.17, 15) is 75.7 Å². The molecular formula is C56H88O26. The van der Waals surface area contributed by atoms with Crippen LogP contribution in [0.4, 0.5) is 0 Å². The van der Waals surface area contributed by atoms with Gasteiger partial charge in [0, 0.05) is 26.4 Å². The Hall–Kier alpha value is -2.49. The molecule has 9 aliphatic rings. The third-order valence-electron chi connectivity index (χ3n) is 20.8. The zero-order valence-corrected chi connectivity index (χ0v) is 48.0. The Morgan fingerprint density at radius 2 is 1.22 bits per heavy atom. The zero-order valence-electron chi connectivity index (χ0n) is 48.0. The molecule has 82 heavy (non-hydrogen) atoms. The van der Waals surface area contributed by atoms with Gasteiger partial charge in [-0.1, -0.05) is 39.3 Å². The summed E-state index contributed by atoms with van der Waals surface area (Å²) in [6, 6.07) is 0. The predicted octanol–water partition coefficient (Wildman–Crippen LogP) is -2.50. The number of rotatable bonds is 17. The second-order valence-corrected chi connectivity index (χ2v) is 26.2. The summed E-state index contributed by atoms with van der Waals surface area (Å²) in [6.45, 7) is 11.9. The predicted molar refractivity (Wildman–Crippen MR) is 275 cm³/mol. The number of hydrogen-bond acceptors (Lipinski definition) is 26. The highest BCUT2D eigenvalue weighted by Gasteiger charge is 2.80. The van der Waals surface area contributed by atoms with Crippen molar-refractivity contribution >= 4 is 17.7 Å². The monoisotopic (exact) mass is 1180 g/mol. The smallest absolute Gasteiger partial charge is 0.317 e. The molecule has 5 aliphatic heterocycles. The van der Waals surface area contributed by atoms with E-state index in [0.29, 0.717) is 38.5 Å². The highest BCUT2D eigenvalue weighted by Crippen LogP contribution is 2.76. The number of ketones is 1. The molecule has 5 saturated heterocycles. The lowest BCUT2D eigenvalue weighted by Gasteiger charge is -2.64. The number of carbonyl (C=O) groups excluding carboxylic acids is 3. The summed E-state index contributed by atoms with van der Waals surface area (Å²) in [6.07, 6.45) is -28.4. The molecule has 4 aliphatic carbocycles. The number of aliphatic hydroxyl groups excluding tert-OH is 12. The summed E-state index contributed by atoms with van der Waals surface area (Å²) in [4.78, 5) is 40.5. The Morgan fingerprint density at radius 3 is 1.83 bits per heavy atom. The van der Waals surface area contributed by atoms with Gasteiger partial charge in [0.2, 0.25) is 0 Å². The molecule has 12 N–H and O–H groups in total. The Bertz CT molecular complexity index is 2340. The topological polar surface area (TPSA) is 396 Å². The molecule has 8 fully saturated rings. The van der Waals surface area contributed by atoms with Crippen LogP contribution < -0.4 is 0 Å². The number of allylic oxidation sites excluding steroid dienone is 1. The molecule has 9 rings (SSSR count). The number of Topliss-reactive ketones (excluding diaryl/α,β-unsaturated/α-hetero) is 1. The third-order valence-corrected chi connectivity index (χ3v) is 20.8. The van der Waals surface area contributed by atoms with Crippen molar-refractivity contribution in [2.24, 2.45) is 39.4 Å². The molecule has 468 valence electrons. The van der Waals surface area contributed by atoms with Gasteiger partial charge in [0.1, 0.15) is 103 Å². The summed E-state index contributed by atoms with van der Waals surface area (Å²) >= 11 is 0. The SMILES string of the molecule is CO[C@@H]1[C@@H](O)[C@H](O[C@@H]2[C@@H](O)[C@H](O[C@H]3[C@H](O)[C@@H](O)[C@H](O[C@H]4[C@H](O[C@H]5CC[C@]6(C)C7=C[C@H](O)[C@]89C(=O)O[C@@](C)(C(=O)CCC(C)(C)OC(C)=O)[C@H]8CC[C@@]9(C)[C@@H]7CC[C@H]6C5(C)C)OC[C@@H](O)[C@@H]4O)O[C@@H]3CO)O[C@H](CO)[C@H]2O)O[C@H](CO)[C@H]1O. The minimum Gasteiger partial charge on any atom is -0.460 e. The number of ether oxygens (including phenoxy) is 11. The summed E-state index contributed by atoms with van der Waals surface area (Å²) < 4.78 is 64.6. The average Bonchev–Trinajstić information content (AvgIpc) is 1.47. The van der Waals surface area contributed by atoms with Gasteiger partial charge in [0.25, 0.3) is 0 Å². The van der Waals surface area contributed by atoms with Crippen LogP contribution in [-0.4, -0.2) is 253 Å². The van der Waals surface area contributed by atoms with E-state index in [2.05, 4.69) is 27.7 Å². The van der Waals surface area contributed by atoms with Crippen LogP contribution in [0.15, 0.2) is 11.6 Å². The fourth-order valence-electron chi connectivity index (χ4n) is 16.4. The Kier molecular flexibility index (Phi) is 18.4. The van der Waals surface area contributed by atoms with E-state index >= 15 is 0 Å². The molecule has 5 heterocycles. The molecule has 28 atom stereocenters. The second-order valence-electron chi connectivity index (χ2n) is 26.2. The van der Waals surface area contributed by atoms with Crippen LogP contribution in [0.5, 0.6) is 0 Å². The molecule has 0 aromatic carbocycles. The summed E-state index contributed by atoms with van der Waals surface area (Å²) in [7, 11) is 1.18. The lowest BCUT2D eigenvalue weighted by atomic mass is 9.40. The van der Waals surface area contributed by atoms with Crippen LogP contribution in [-0.2, 0) is 66.5 Å². The van der Waals surface area contributed by atoms with Gasteiger partial charge in [-0.3, -0.25) is 14.4 Å². The first-order chi connectivity index (χ1) is 38.4. The maximum absolute atomic E-state index is 14.6. The fraction of sp³-hybridized carbons (Fsp3) is 0.911. The molecule has 0 radical (unpaired) electrons. The van der Waals surface area contributed by atoms with E-state index in [1.807, 2.05) is 6.08 Å². The Balaban J connectivity index is 0.882. The van der Waals surface area contributed by atoms with Crippen molar-refractivity contribution in [3.63, 3.8) is 0 Å². The van der Waals surface area contributed by atoms with Crippen LogP contribution in [0.3, 0.4) is 0 Å². The molecule has 0 unspecified atom stereocenters. The van der Waals surface area contributed by atoms with Gasteiger partial charge >= 0.3 is 11.9 Å². The van der Waals surface area contributed by atoms with Gasteiger partial charge in [0.05, 0.1) is 38.6 Å². The zero-order chi connectivity index (χ0) is 60.1. The first kappa shape index (κ1) is 64.0. The van der Waals surface area contributed by atoms with Crippen molar-refractivity contribution in [2.45, 2.75) is 247 Å². The summed E-state index contributed by atoms with van der Waals surface area (Å²) in [5.74, 6) is -2.16. The first-order valence-electron chi connectivity index (χ1n) is 28.8. The lowest BCUT2D eigenvalue weighted by molar-refractivity contribution is -0.392. The third kappa shape index (κ3) is 10.4. The van der Waals surface area contributed by atoms with E-state index in [1.165, 1.54) is 14.0 Å². The number of methoxy groups -OCH3 is 1. The van der Waals surface area contributed by atoms with Crippen LogP contribution in [0.25, 0.3) is 0 Å². The number of cyclic esters (lactones) is 1. The van der Waals surface area contributed by atoms with Gasteiger partial charge in [-0.15, -0.1) is 0 Å². The summed E-state index contributed by atoms with van der Waals surface area (Å²) in [5.41, 5.74) is -4.68. The average molecular weight is 1180 g/mol. The van der Waals surface area contributed by atoms with Crippen molar-refractivity contribution in [3.05, 3.63) is 11.6 Å². The Labute approximate surface area is 475 Å². The Morgan fingerprint density at radius 1 is 0.646 bits per heavy atom. The molecule has 0 amide bonds. The molecule has 3 saturated carbocycles. The van der Waals surface area contributed by atoms with Gasteiger partial charge < -0.3 is 113 Å². The van der Waals surface area contributed by atoms with Crippen molar-refractivity contribution in [1.82, 2.24) is 0 Å². The normalized spacial score (nSPS) is 50.1. The van der Waals surface area contributed by atoms with E-state index < -0.39 is 199 Å².